The summed E-state index contributed by atoms with van der Waals surface area (Å²) in [6, 6.07) is 6.51. The summed E-state index contributed by atoms with van der Waals surface area (Å²) < 4.78 is 1.15. The Hall–Kier alpha value is 0.01000. The van der Waals surface area contributed by atoms with Crippen molar-refractivity contribution in [1.29, 1.82) is 0 Å². The van der Waals surface area contributed by atoms with Crippen LogP contribution in [0.1, 0.15) is 31.4 Å². The molecule has 0 aliphatic carbocycles. The normalized spacial score (nSPS) is 11.8. The van der Waals surface area contributed by atoms with Crippen LogP contribution in [0.25, 0.3) is 0 Å². The highest BCUT2D eigenvalue weighted by molar-refractivity contribution is 9.10. The Morgan fingerprint density at radius 2 is 2.06 bits per heavy atom. The van der Waals surface area contributed by atoms with E-state index in [9.17, 15) is 0 Å². The highest BCUT2D eigenvalue weighted by Crippen LogP contribution is 2.28. The summed E-state index contributed by atoms with van der Waals surface area (Å²) in [4.78, 5) is 0. The summed E-state index contributed by atoms with van der Waals surface area (Å²) in [6.45, 7) is 8.79. The lowest BCUT2D eigenvalue weighted by Gasteiger charge is -2.28. The van der Waals surface area contributed by atoms with E-state index in [1.54, 1.807) is 0 Å². The van der Waals surface area contributed by atoms with Gasteiger partial charge in [0.1, 0.15) is 0 Å². The number of hydrogen-bond donors (Lipinski definition) is 2. The van der Waals surface area contributed by atoms with Gasteiger partial charge < -0.3 is 5.32 Å². The Labute approximate surface area is 119 Å². The van der Waals surface area contributed by atoms with Crippen molar-refractivity contribution in [2.45, 2.75) is 32.6 Å². The van der Waals surface area contributed by atoms with Crippen LogP contribution in [-0.2, 0) is 5.41 Å². The van der Waals surface area contributed by atoms with Crippen LogP contribution in [0.3, 0.4) is 0 Å². The summed E-state index contributed by atoms with van der Waals surface area (Å²) in [6.07, 6.45) is 1.12. The van der Waals surface area contributed by atoms with Gasteiger partial charge >= 0.3 is 0 Å². The van der Waals surface area contributed by atoms with Crippen molar-refractivity contribution in [3.8, 4) is 0 Å². The second-order valence-electron chi connectivity index (χ2n) is 5.10. The fourth-order valence-corrected chi connectivity index (χ4v) is 2.54. The zero-order valence-electron chi connectivity index (χ0n) is 10.9. The number of aryl methyl sites for hydroxylation is 1. The Bertz CT molecular complexity index is 363. The third-order valence-electron chi connectivity index (χ3n) is 3.01. The molecule has 3 heteroatoms. The molecule has 0 amide bonds. The Morgan fingerprint density at radius 1 is 1.35 bits per heavy atom. The van der Waals surface area contributed by atoms with E-state index in [-0.39, 0.29) is 5.41 Å². The van der Waals surface area contributed by atoms with Crippen molar-refractivity contribution in [2.75, 3.05) is 18.8 Å². The summed E-state index contributed by atoms with van der Waals surface area (Å²) in [5.41, 5.74) is 2.92. The van der Waals surface area contributed by atoms with Crippen LogP contribution in [0, 0.1) is 6.92 Å². The lowest BCUT2D eigenvalue weighted by molar-refractivity contribution is 0.468. The first-order valence-electron chi connectivity index (χ1n) is 6.05. The Kier molecular flexibility index (Phi) is 6.04. The van der Waals surface area contributed by atoms with Gasteiger partial charge in [0.25, 0.3) is 0 Å². The van der Waals surface area contributed by atoms with E-state index in [0.29, 0.717) is 0 Å². The van der Waals surface area contributed by atoms with E-state index in [0.717, 1.165) is 29.7 Å². The van der Waals surface area contributed by atoms with E-state index in [4.69, 9.17) is 0 Å². The average molecular weight is 316 g/mol. The number of rotatable bonds is 6. The molecular formula is C14H22BrNS. The molecular weight excluding hydrogens is 294 g/mol. The summed E-state index contributed by atoms with van der Waals surface area (Å²) in [5.74, 6) is 0.948. The van der Waals surface area contributed by atoms with Crippen LogP contribution in [0.2, 0.25) is 0 Å². The van der Waals surface area contributed by atoms with Gasteiger partial charge in [0.05, 0.1) is 0 Å². The first-order valence-corrected chi connectivity index (χ1v) is 7.48. The third kappa shape index (κ3) is 4.65. The van der Waals surface area contributed by atoms with E-state index < -0.39 is 0 Å². The van der Waals surface area contributed by atoms with Gasteiger partial charge in [0.15, 0.2) is 0 Å². The maximum atomic E-state index is 4.22. The second kappa shape index (κ2) is 6.81. The fraction of sp³-hybridized carbons (Fsp3) is 0.571. The van der Waals surface area contributed by atoms with Gasteiger partial charge in [-0.15, -0.1) is 0 Å². The van der Waals surface area contributed by atoms with Gasteiger partial charge in [0.2, 0.25) is 0 Å². The predicted molar refractivity (Wildman–Crippen MR) is 83.2 cm³/mol. The van der Waals surface area contributed by atoms with Gasteiger partial charge in [-0.3, -0.25) is 0 Å². The lowest BCUT2D eigenvalue weighted by Crippen LogP contribution is -2.34. The molecule has 1 N–H and O–H groups in total. The monoisotopic (exact) mass is 315 g/mol. The number of hydrogen-bond acceptors (Lipinski definition) is 2. The van der Waals surface area contributed by atoms with E-state index in [2.05, 4.69) is 72.8 Å². The Morgan fingerprint density at radius 3 is 2.71 bits per heavy atom. The molecule has 0 saturated heterocycles. The molecule has 0 heterocycles. The molecule has 0 radical (unpaired) electrons. The first-order chi connectivity index (χ1) is 7.97. The zero-order chi connectivity index (χ0) is 12.9. The molecule has 0 fully saturated rings. The first kappa shape index (κ1) is 15.1. The van der Waals surface area contributed by atoms with Crippen molar-refractivity contribution in [2.24, 2.45) is 0 Å². The lowest BCUT2D eigenvalue weighted by atomic mass is 9.82. The number of nitrogens with one attached hydrogen (secondary N) is 1. The van der Waals surface area contributed by atoms with E-state index in [1.807, 2.05) is 0 Å². The van der Waals surface area contributed by atoms with Crippen LogP contribution in [0.5, 0.6) is 0 Å². The predicted octanol–water partition coefficient (Wildman–Crippen LogP) is 3.94. The van der Waals surface area contributed by atoms with E-state index >= 15 is 0 Å². The quantitative estimate of drug-likeness (QED) is 0.598. The largest absolute Gasteiger partial charge is 0.316 e. The van der Waals surface area contributed by atoms with Gasteiger partial charge in [-0.25, -0.2) is 0 Å². The highest BCUT2D eigenvalue weighted by atomic mass is 79.9. The van der Waals surface area contributed by atoms with Gasteiger partial charge in [-0.1, -0.05) is 35.8 Å². The maximum Gasteiger partial charge on any atom is 0.0178 e. The minimum Gasteiger partial charge on any atom is -0.316 e. The fourth-order valence-electron chi connectivity index (χ4n) is 2.02. The summed E-state index contributed by atoms with van der Waals surface area (Å²) in [5, 5.41) is 3.51. The van der Waals surface area contributed by atoms with Crippen molar-refractivity contribution < 1.29 is 0 Å². The molecule has 0 unspecified atom stereocenters. The standard InChI is InChI=1S/C14H22BrNS/c1-11-5-6-12(15)9-13(11)14(2,3)10-16-7-4-8-17/h5-6,9,16-17H,4,7-8,10H2,1-3H3. The molecule has 0 aliphatic heterocycles. The van der Waals surface area contributed by atoms with Gasteiger partial charge in [0, 0.05) is 16.4 Å². The molecule has 1 aromatic carbocycles. The number of benzene rings is 1. The number of thiol groups is 1. The third-order valence-corrected chi connectivity index (χ3v) is 3.82. The topological polar surface area (TPSA) is 12.0 Å². The average Bonchev–Trinajstić information content (AvgIpc) is 2.28. The van der Waals surface area contributed by atoms with Crippen molar-refractivity contribution >= 4 is 28.6 Å². The minimum absolute atomic E-state index is 0.157. The molecule has 1 rings (SSSR count). The molecule has 0 saturated carbocycles. The summed E-state index contributed by atoms with van der Waals surface area (Å²) in [7, 11) is 0. The van der Waals surface area contributed by atoms with Crippen molar-refractivity contribution in [1.82, 2.24) is 5.32 Å². The van der Waals surface area contributed by atoms with Crippen LogP contribution in [0.4, 0.5) is 0 Å². The SMILES string of the molecule is Cc1ccc(Br)cc1C(C)(C)CNCCCS. The molecule has 0 bridgehead atoms. The molecule has 96 valence electrons. The summed E-state index contributed by atoms with van der Waals surface area (Å²) >= 11 is 7.77. The van der Waals surface area contributed by atoms with Crippen molar-refractivity contribution in [3.05, 3.63) is 33.8 Å². The second-order valence-corrected chi connectivity index (χ2v) is 6.46. The molecule has 0 aliphatic rings. The van der Waals surface area contributed by atoms with Gasteiger partial charge in [-0.05, 0) is 48.9 Å². The van der Waals surface area contributed by atoms with Crippen molar-refractivity contribution in [3.63, 3.8) is 0 Å². The molecule has 0 atom stereocenters. The smallest absolute Gasteiger partial charge is 0.0178 e. The Balaban J connectivity index is 2.71. The van der Waals surface area contributed by atoms with Crippen LogP contribution in [-0.4, -0.2) is 18.8 Å². The van der Waals surface area contributed by atoms with Gasteiger partial charge in [-0.2, -0.15) is 12.6 Å². The van der Waals surface area contributed by atoms with Crippen LogP contribution >= 0.6 is 28.6 Å². The van der Waals surface area contributed by atoms with Crippen LogP contribution < -0.4 is 5.32 Å². The molecule has 0 aromatic heterocycles. The molecule has 1 nitrogen and oxygen atoms in total. The number of halogens is 1. The van der Waals surface area contributed by atoms with Crippen LogP contribution in [0.15, 0.2) is 22.7 Å². The van der Waals surface area contributed by atoms with E-state index in [1.165, 1.54) is 11.1 Å². The zero-order valence-corrected chi connectivity index (χ0v) is 13.4. The minimum atomic E-state index is 0.157. The maximum absolute atomic E-state index is 4.22. The highest BCUT2D eigenvalue weighted by Gasteiger charge is 2.22. The molecule has 1 aromatic rings. The molecule has 0 spiro atoms. The molecule has 17 heavy (non-hydrogen) atoms.